The monoisotopic (exact) mass is 1010 g/mol. The van der Waals surface area contributed by atoms with Gasteiger partial charge in [-0.15, -0.1) is 0 Å². The number of unbranched alkanes of at least 4 members (excludes halogenated alkanes) is 28. The van der Waals surface area contributed by atoms with E-state index in [9.17, 15) is 49.8 Å². The quantitative estimate of drug-likeness (QED) is 0.0246. The van der Waals surface area contributed by atoms with E-state index in [1.165, 1.54) is 103 Å². The largest absolute Gasteiger partial charge is 0.463 e. The van der Waals surface area contributed by atoms with E-state index in [0.717, 1.165) is 89.9 Å². The van der Waals surface area contributed by atoms with E-state index in [-0.39, 0.29) is 12.8 Å². The summed E-state index contributed by atoms with van der Waals surface area (Å²) in [5, 5.41) is 63.7. The minimum absolute atomic E-state index is 0.128. The molecular weight excluding hydrogens is 913 g/mol. The minimum Gasteiger partial charge on any atom is -0.463 e. The average Bonchev–Trinajstić information content (AvgIpc) is 3.36. The van der Waals surface area contributed by atoms with Crippen LogP contribution in [0.1, 0.15) is 258 Å². The SMILES string of the molecule is CCCCCCCCCCCCC(=O)CCCCCCCCC(=O)OC[C@@H]1O[C@@H](O[C@H]2O[C@H](COC(=O)CCCCCCCCC(=O)CCCCCCCCCCCC)[C@@H](O)[C@H](O)[C@H]2O)[C@@H](O)[C@H](O)[C@H]1O. The molecule has 6 N–H and O–H groups in total. The van der Waals surface area contributed by atoms with Crippen LogP contribution < -0.4 is 0 Å². The number of carbonyl (C=O) groups excluding carboxylic acids is 4. The van der Waals surface area contributed by atoms with Crippen LogP contribution in [-0.4, -0.2) is 129 Å². The van der Waals surface area contributed by atoms with Crippen molar-refractivity contribution in [3.05, 3.63) is 0 Å². The van der Waals surface area contributed by atoms with Gasteiger partial charge in [0.15, 0.2) is 12.6 Å². The fraction of sp³-hybridized carbons (Fsp3) is 0.929. The van der Waals surface area contributed by atoms with Gasteiger partial charge in [-0.1, -0.05) is 181 Å². The highest BCUT2D eigenvalue weighted by Crippen LogP contribution is 2.29. The van der Waals surface area contributed by atoms with Gasteiger partial charge in [0.25, 0.3) is 0 Å². The molecular formula is C56H102O15. The average molecular weight is 1020 g/mol. The molecule has 2 heterocycles. The predicted octanol–water partition coefficient (Wildman–Crippen LogP) is 9.71. The van der Waals surface area contributed by atoms with E-state index in [0.29, 0.717) is 50.1 Å². The first-order chi connectivity index (χ1) is 34.4. The van der Waals surface area contributed by atoms with Gasteiger partial charge in [-0.2, -0.15) is 0 Å². The molecule has 0 aliphatic carbocycles. The van der Waals surface area contributed by atoms with Crippen molar-refractivity contribution in [1.29, 1.82) is 0 Å². The Kier molecular flexibility index (Phi) is 38.6. The molecule has 0 saturated carbocycles. The van der Waals surface area contributed by atoms with Crippen molar-refractivity contribution in [3.63, 3.8) is 0 Å². The first-order valence-corrected chi connectivity index (χ1v) is 28.8. The lowest BCUT2D eigenvalue weighted by Gasteiger charge is -2.44. The van der Waals surface area contributed by atoms with Crippen molar-refractivity contribution in [2.24, 2.45) is 0 Å². The van der Waals surface area contributed by atoms with E-state index in [1.54, 1.807) is 0 Å². The zero-order valence-corrected chi connectivity index (χ0v) is 44.4. The summed E-state index contributed by atoms with van der Waals surface area (Å²) in [4.78, 5) is 49.6. The molecule has 416 valence electrons. The number of rotatable bonds is 46. The number of aliphatic hydroxyl groups is 6. The molecule has 0 aromatic heterocycles. The van der Waals surface area contributed by atoms with E-state index < -0.39 is 86.6 Å². The molecule has 0 radical (unpaired) electrons. The predicted molar refractivity (Wildman–Crippen MR) is 273 cm³/mol. The molecule has 15 nitrogen and oxygen atoms in total. The zero-order valence-electron chi connectivity index (χ0n) is 44.4. The van der Waals surface area contributed by atoms with Crippen LogP contribution in [0.3, 0.4) is 0 Å². The maximum Gasteiger partial charge on any atom is 0.305 e. The summed E-state index contributed by atoms with van der Waals surface area (Å²) in [5.41, 5.74) is 0. The summed E-state index contributed by atoms with van der Waals surface area (Å²) < 4.78 is 27.5. The molecule has 0 unspecified atom stereocenters. The van der Waals surface area contributed by atoms with E-state index in [4.69, 9.17) is 23.7 Å². The molecule has 0 aromatic carbocycles. The summed E-state index contributed by atoms with van der Waals surface area (Å²) in [6, 6.07) is 0. The molecule has 2 rings (SSSR count). The standard InChI is InChI=1S/C56H102O15/c1-3-5-7-9-11-13-15-17-23-29-35-43(57)37-31-25-19-21-27-33-39-47(59)67-41-45-49(61)51(63)53(65)55(69-45)71-56-54(66)52(64)50(62)46(70-56)42-68-48(60)40-34-28-22-20-26-32-38-44(58)36-30-24-18-16-14-12-10-8-6-4-2/h45-46,49-56,61-66H,3-42H2,1-2H3/t45-,46+,49-,50+,51+,52-,53-,54+,55-,56+. The minimum atomic E-state index is -1.84. The van der Waals surface area contributed by atoms with Crippen molar-refractivity contribution in [2.45, 2.75) is 319 Å². The lowest BCUT2D eigenvalue weighted by molar-refractivity contribution is -0.376. The van der Waals surface area contributed by atoms with Crippen molar-refractivity contribution in [3.8, 4) is 0 Å². The highest BCUT2D eigenvalue weighted by atomic mass is 16.8. The number of carbonyl (C=O) groups is 4. The van der Waals surface area contributed by atoms with Crippen LogP contribution in [0.5, 0.6) is 0 Å². The van der Waals surface area contributed by atoms with Crippen molar-refractivity contribution in [2.75, 3.05) is 13.2 Å². The number of ether oxygens (including phenoxy) is 5. The van der Waals surface area contributed by atoms with Crippen LogP contribution in [0.4, 0.5) is 0 Å². The lowest BCUT2D eigenvalue weighted by atomic mass is 9.98. The molecule has 2 aliphatic heterocycles. The van der Waals surface area contributed by atoms with Gasteiger partial charge in [-0.05, 0) is 38.5 Å². The highest BCUT2D eigenvalue weighted by molar-refractivity contribution is 5.78. The second kappa shape index (κ2) is 42.2. The van der Waals surface area contributed by atoms with Crippen LogP contribution >= 0.6 is 0 Å². The van der Waals surface area contributed by atoms with Crippen LogP contribution in [-0.2, 0) is 42.9 Å². The van der Waals surface area contributed by atoms with Gasteiger partial charge >= 0.3 is 11.9 Å². The molecule has 2 saturated heterocycles. The summed E-state index contributed by atoms with van der Waals surface area (Å²) in [6.45, 7) is 3.54. The van der Waals surface area contributed by atoms with Gasteiger partial charge in [0.05, 0.1) is 0 Å². The van der Waals surface area contributed by atoms with Gasteiger partial charge in [-0.3, -0.25) is 19.2 Å². The molecule has 2 aliphatic rings. The van der Waals surface area contributed by atoms with E-state index in [1.807, 2.05) is 0 Å². The molecule has 71 heavy (non-hydrogen) atoms. The van der Waals surface area contributed by atoms with Gasteiger partial charge in [0.2, 0.25) is 0 Å². The maximum atomic E-state index is 12.5. The first kappa shape index (κ1) is 65.0. The zero-order chi connectivity index (χ0) is 51.9. The number of aliphatic hydroxyl groups excluding tert-OH is 6. The molecule has 15 heteroatoms. The molecule has 0 aromatic rings. The van der Waals surface area contributed by atoms with Crippen LogP contribution in [0.25, 0.3) is 0 Å². The van der Waals surface area contributed by atoms with Gasteiger partial charge in [0.1, 0.15) is 73.6 Å². The number of hydrogen-bond acceptors (Lipinski definition) is 15. The molecule has 10 atom stereocenters. The summed E-state index contributed by atoms with van der Waals surface area (Å²) >= 11 is 0. The van der Waals surface area contributed by atoms with Gasteiger partial charge in [-0.25, -0.2) is 0 Å². The number of Topliss-reactive ketones (excluding diaryl/α,β-unsaturated/α-hetero) is 2. The second-order valence-electron chi connectivity index (χ2n) is 20.7. The smallest absolute Gasteiger partial charge is 0.305 e. The van der Waals surface area contributed by atoms with Crippen LogP contribution in [0, 0.1) is 0 Å². The second-order valence-corrected chi connectivity index (χ2v) is 20.7. The Morgan fingerprint density at radius 2 is 0.563 bits per heavy atom. The molecule has 0 amide bonds. The van der Waals surface area contributed by atoms with Gasteiger partial charge in [0, 0.05) is 38.5 Å². The molecule has 2 fully saturated rings. The maximum absolute atomic E-state index is 12.5. The Hall–Kier alpha value is -2.08. The summed E-state index contributed by atoms with van der Waals surface area (Å²) in [6.07, 6.45) is 21.5. The Labute approximate surface area is 428 Å². The summed E-state index contributed by atoms with van der Waals surface area (Å²) in [5.74, 6) is -0.375. The lowest BCUT2D eigenvalue weighted by Crippen LogP contribution is -2.64. The fourth-order valence-corrected chi connectivity index (χ4v) is 9.43. The van der Waals surface area contributed by atoms with Crippen LogP contribution in [0.15, 0.2) is 0 Å². The van der Waals surface area contributed by atoms with Crippen molar-refractivity contribution >= 4 is 23.5 Å². The highest BCUT2D eigenvalue weighted by Gasteiger charge is 2.50. The van der Waals surface area contributed by atoms with E-state index in [2.05, 4.69) is 13.8 Å². The topological polar surface area (TPSA) is 236 Å². The van der Waals surface area contributed by atoms with Gasteiger partial charge < -0.3 is 54.3 Å². The molecule has 0 bridgehead atoms. The number of ketones is 2. The Morgan fingerprint density at radius 3 is 0.831 bits per heavy atom. The number of hydrogen-bond donors (Lipinski definition) is 6. The number of esters is 2. The Morgan fingerprint density at radius 1 is 0.324 bits per heavy atom. The first-order valence-electron chi connectivity index (χ1n) is 28.8. The normalized spacial score (nSPS) is 24.5. The van der Waals surface area contributed by atoms with E-state index >= 15 is 0 Å². The Bertz CT molecular complexity index is 1250. The van der Waals surface area contributed by atoms with Crippen molar-refractivity contribution in [1.82, 2.24) is 0 Å². The molecule has 0 spiro atoms. The summed E-state index contributed by atoms with van der Waals surface area (Å²) in [7, 11) is 0. The fourth-order valence-electron chi connectivity index (χ4n) is 9.43. The third-order valence-corrected chi connectivity index (χ3v) is 14.2. The Balaban J connectivity index is 1.57. The van der Waals surface area contributed by atoms with Crippen LogP contribution in [0.2, 0.25) is 0 Å². The van der Waals surface area contributed by atoms with Crippen molar-refractivity contribution < 1.29 is 73.5 Å². The third-order valence-electron chi connectivity index (χ3n) is 14.2. The third kappa shape index (κ3) is 30.8.